The van der Waals surface area contributed by atoms with Crippen molar-refractivity contribution in [1.29, 1.82) is 0 Å². The molecule has 3 heterocycles. The minimum Gasteiger partial charge on any atom is -0.490 e. The number of fused-ring (bicyclic) bond motifs is 1. The fourth-order valence-corrected chi connectivity index (χ4v) is 3.85. The van der Waals surface area contributed by atoms with Crippen molar-refractivity contribution >= 4 is 11.5 Å². The molecule has 1 N–H and O–H groups in total. The zero-order valence-corrected chi connectivity index (χ0v) is 17.1. The number of ether oxygens (including phenoxy) is 3. The standard InChI is InChI=1S/C24H24FN3O3/c25-18-5-8-22-23(14-18)31-20(15-27-22)16-30-19-6-3-17(4-7-19)21-2-1-9-26-24(21)28-10-12-29-13-11-28/h1-9,14,20,27H,10-13,15-16H2. The number of hydrogen-bond acceptors (Lipinski definition) is 6. The Morgan fingerprint density at radius 2 is 1.94 bits per heavy atom. The summed E-state index contributed by atoms with van der Waals surface area (Å²) >= 11 is 0. The summed E-state index contributed by atoms with van der Waals surface area (Å²) in [6.45, 7) is 4.10. The van der Waals surface area contributed by atoms with E-state index < -0.39 is 0 Å². The van der Waals surface area contributed by atoms with Crippen LogP contribution in [-0.4, -0.2) is 50.5 Å². The molecule has 0 spiro atoms. The highest BCUT2D eigenvalue weighted by atomic mass is 19.1. The molecule has 1 saturated heterocycles. The summed E-state index contributed by atoms with van der Waals surface area (Å²) in [5, 5.41) is 3.25. The smallest absolute Gasteiger partial charge is 0.150 e. The molecule has 1 aromatic heterocycles. The predicted molar refractivity (Wildman–Crippen MR) is 118 cm³/mol. The molecule has 3 aromatic rings. The zero-order valence-electron chi connectivity index (χ0n) is 17.1. The van der Waals surface area contributed by atoms with E-state index in [2.05, 4.69) is 21.3 Å². The second-order valence-electron chi connectivity index (χ2n) is 7.57. The van der Waals surface area contributed by atoms with E-state index in [-0.39, 0.29) is 11.9 Å². The molecule has 7 heteroatoms. The minimum atomic E-state index is -0.315. The van der Waals surface area contributed by atoms with E-state index >= 15 is 0 Å². The summed E-state index contributed by atoms with van der Waals surface area (Å²) in [5.41, 5.74) is 2.98. The average molecular weight is 421 g/mol. The Hall–Kier alpha value is -3.32. The molecule has 160 valence electrons. The third-order valence-corrected chi connectivity index (χ3v) is 5.46. The van der Waals surface area contributed by atoms with Gasteiger partial charge in [0.15, 0.2) is 0 Å². The fraction of sp³-hybridized carbons (Fsp3) is 0.292. The van der Waals surface area contributed by atoms with E-state index in [0.29, 0.717) is 18.9 Å². The summed E-state index contributed by atoms with van der Waals surface area (Å²) in [5.74, 6) is 1.94. The monoisotopic (exact) mass is 421 g/mol. The molecule has 0 radical (unpaired) electrons. The van der Waals surface area contributed by atoms with Gasteiger partial charge in [-0.2, -0.15) is 0 Å². The third-order valence-electron chi connectivity index (χ3n) is 5.46. The van der Waals surface area contributed by atoms with Crippen LogP contribution in [0.1, 0.15) is 0 Å². The lowest BCUT2D eigenvalue weighted by Gasteiger charge is -2.29. The highest BCUT2D eigenvalue weighted by molar-refractivity contribution is 5.76. The number of pyridine rings is 1. The number of morpholine rings is 1. The van der Waals surface area contributed by atoms with E-state index in [1.807, 2.05) is 36.5 Å². The molecule has 1 atom stereocenters. The molecule has 2 aliphatic rings. The Bertz CT molecular complexity index is 1040. The van der Waals surface area contributed by atoms with E-state index in [1.54, 1.807) is 6.07 Å². The van der Waals surface area contributed by atoms with Crippen molar-refractivity contribution in [2.75, 3.05) is 49.7 Å². The molecule has 0 saturated carbocycles. The topological polar surface area (TPSA) is 55.9 Å². The first-order valence-corrected chi connectivity index (χ1v) is 10.5. The molecule has 5 rings (SSSR count). The van der Waals surface area contributed by atoms with Gasteiger partial charge in [-0.05, 0) is 42.0 Å². The van der Waals surface area contributed by atoms with Crippen LogP contribution in [0.5, 0.6) is 11.5 Å². The van der Waals surface area contributed by atoms with Crippen LogP contribution in [0.3, 0.4) is 0 Å². The van der Waals surface area contributed by atoms with Crippen molar-refractivity contribution in [2.45, 2.75) is 6.10 Å². The van der Waals surface area contributed by atoms with Crippen LogP contribution >= 0.6 is 0 Å². The van der Waals surface area contributed by atoms with E-state index in [0.717, 1.165) is 54.7 Å². The number of nitrogens with one attached hydrogen (secondary N) is 1. The Kier molecular flexibility index (Phi) is 5.58. The number of nitrogens with zero attached hydrogens (tertiary/aromatic N) is 2. The SMILES string of the molecule is Fc1ccc2c(c1)OC(COc1ccc(-c3cccnc3N3CCOCC3)cc1)CN2. The first-order valence-electron chi connectivity index (χ1n) is 10.5. The Balaban J connectivity index is 1.24. The number of aromatic nitrogens is 1. The molecule has 1 fully saturated rings. The van der Waals surface area contributed by atoms with Gasteiger partial charge in [0.1, 0.15) is 35.8 Å². The highest BCUT2D eigenvalue weighted by Gasteiger charge is 2.21. The van der Waals surface area contributed by atoms with Gasteiger partial charge in [-0.25, -0.2) is 9.37 Å². The Morgan fingerprint density at radius 1 is 1.10 bits per heavy atom. The molecular formula is C24H24FN3O3. The highest BCUT2D eigenvalue weighted by Crippen LogP contribution is 2.32. The molecule has 1 unspecified atom stereocenters. The third kappa shape index (κ3) is 4.41. The van der Waals surface area contributed by atoms with Crippen LogP contribution in [0.15, 0.2) is 60.8 Å². The maximum Gasteiger partial charge on any atom is 0.150 e. The first kappa shape index (κ1) is 19.6. The average Bonchev–Trinajstić information content (AvgIpc) is 2.83. The molecule has 31 heavy (non-hydrogen) atoms. The van der Waals surface area contributed by atoms with Gasteiger partial charge in [0.05, 0.1) is 25.4 Å². The normalized spacial score (nSPS) is 18.0. The van der Waals surface area contributed by atoms with Crippen molar-refractivity contribution in [2.24, 2.45) is 0 Å². The summed E-state index contributed by atoms with van der Waals surface area (Å²) in [6, 6.07) is 16.5. The second-order valence-corrected chi connectivity index (χ2v) is 7.57. The maximum absolute atomic E-state index is 13.4. The van der Waals surface area contributed by atoms with Gasteiger partial charge in [0, 0.05) is 30.9 Å². The Labute approximate surface area is 180 Å². The first-order chi connectivity index (χ1) is 15.3. The van der Waals surface area contributed by atoms with Crippen LogP contribution in [0, 0.1) is 5.82 Å². The molecular weight excluding hydrogens is 397 g/mol. The summed E-state index contributed by atoms with van der Waals surface area (Å²) in [7, 11) is 0. The number of halogens is 1. The van der Waals surface area contributed by atoms with E-state index in [1.165, 1.54) is 12.1 Å². The van der Waals surface area contributed by atoms with Crippen molar-refractivity contribution < 1.29 is 18.6 Å². The molecule has 0 aliphatic carbocycles. The van der Waals surface area contributed by atoms with Crippen molar-refractivity contribution in [3.05, 3.63) is 66.6 Å². The quantitative estimate of drug-likeness (QED) is 0.673. The van der Waals surface area contributed by atoms with Crippen LogP contribution in [0.2, 0.25) is 0 Å². The van der Waals surface area contributed by atoms with Gasteiger partial charge in [0.2, 0.25) is 0 Å². The van der Waals surface area contributed by atoms with Gasteiger partial charge in [-0.1, -0.05) is 12.1 Å². The Morgan fingerprint density at radius 3 is 2.77 bits per heavy atom. The lowest BCUT2D eigenvalue weighted by molar-refractivity contribution is 0.122. The lowest BCUT2D eigenvalue weighted by Crippen LogP contribution is -2.37. The van der Waals surface area contributed by atoms with Crippen molar-refractivity contribution in [1.82, 2.24) is 4.98 Å². The molecule has 0 amide bonds. The number of anilines is 2. The number of benzene rings is 2. The molecule has 6 nitrogen and oxygen atoms in total. The lowest BCUT2D eigenvalue weighted by atomic mass is 10.1. The van der Waals surface area contributed by atoms with Gasteiger partial charge in [-0.3, -0.25) is 0 Å². The minimum absolute atomic E-state index is 0.194. The fourth-order valence-electron chi connectivity index (χ4n) is 3.85. The number of rotatable bonds is 5. The van der Waals surface area contributed by atoms with Crippen LogP contribution in [-0.2, 0) is 4.74 Å². The summed E-state index contributed by atoms with van der Waals surface area (Å²) in [4.78, 5) is 6.87. The van der Waals surface area contributed by atoms with Gasteiger partial charge < -0.3 is 24.4 Å². The van der Waals surface area contributed by atoms with Gasteiger partial charge in [-0.15, -0.1) is 0 Å². The predicted octanol–water partition coefficient (Wildman–Crippen LogP) is 3.98. The zero-order chi connectivity index (χ0) is 21.0. The summed E-state index contributed by atoms with van der Waals surface area (Å²) in [6.07, 6.45) is 1.63. The maximum atomic E-state index is 13.4. The van der Waals surface area contributed by atoms with E-state index in [4.69, 9.17) is 14.2 Å². The number of hydrogen-bond donors (Lipinski definition) is 1. The summed E-state index contributed by atoms with van der Waals surface area (Å²) < 4.78 is 30.7. The van der Waals surface area contributed by atoms with Gasteiger partial charge in [0.25, 0.3) is 0 Å². The molecule has 2 aliphatic heterocycles. The van der Waals surface area contributed by atoms with Crippen LogP contribution < -0.4 is 19.7 Å². The largest absolute Gasteiger partial charge is 0.490 e. The molecule has 2 aromatic carbocycles. The molecule has 0 bridgehead atoms. The van der Waals surface area contributed by atoms with Crippen molar-refractivity contribution in [3.8, 4) is 22.6 Å². The van der Waals surface area contributed by atoms with Crippen molar-refractivity contribution in [3.63, 3.8) is 0 Å². The van der Waals surface area contributed by atoms with Crippen LogP contribution in [0.25, 0.3) is 11.1 Å². The van der Waals surface area contributed by atoms with E-state index in [9.17, 15) is 4.39 Å². The van der Waals surface area contributed by atoms with Gasteiger partial charge >= 0.3 is 0 Å². The second kappa shape index (κ2) is 8.81. The van der Waals surface area contributed by atoms with Crippen LogP contribution in [0.4, 0.5) is 15.9 Å².